The van der Waals surface area contributed by atoms with Gasteiger partial charge in [-0.1, -0.05) is 13.0 Å². The van der Waals surface area contributed by atoms with E-state index >= 15 is 0 Å². The number of aliphatic imine (C=N–C) groups is 1. The van der Waals surface area contributed by atoms with E-state index in [1.54, 1.807) is 6.20 Å². The molecule has 29 heavy (non-hydrogen) atoms. The highest BCUT2D eigenvalue weighted by Gasteiger charge is 2.16. The fourth-order valence-corrected chi connectivity index (χ4v) is 3.21. The molecule has 8 heteroatoms. The van der Waals surface area contributed by atoms with Gasteiger partial charge in [0.15, 0.2) is 5.96 Å². The first kappa shape index (κ1) is 23.3. The molecule has 1 fully saturated rings. The summed E-state index contributed by atoms with van der Waals surface area (Å²) in [5.74, 6) is 1.85. The zero-order valence-corrected chi connectivity index (χ0v) is 19.7. The van der Waals surface area contributed by atoms with E-state index in [1.807, 2.05) is 30.5 Å². The molecule has 1 aliphatic rings. The van der Waals surface area contributed by atoms with Gasteiger partial charge in [-0.05, 0) is 43.3 Å². The van der Waals surface area contributed by atoms with Crippen molar-refractivity contribution in [1.82, 2.24) is 25.5 Å². The smallest absolute Gasteiger partial charge is 0.191 e. The van der Waals surface area contributed by atoms with Crippen LogP contribution in [0.1, 0.15) is 25.1 Å². The predicted octanol–water partition coefficient (Wildman–Crippen LogP) is 2.49. The van der Waals surface area contributed by atoms with Gasteiger partial charge in [0, 0.05) is 45.1 Å². The molecule has 0 saturated carbocycles. The maximum absolute atomic E-state index is 4.72. The van der Waals surface area contributed by atoms with Gasteiger partial charge in [-0.2, -0.15) is 0 Å². The number of rotatable bonds is 7. The lowest BCUT2D eigenvalue weighted by molar-refractivity contribution is 0.270. The predicted molar refractivity (Wildman–Crippen MR) is 130 cm³/mol. The molecule has 0 atom stereocenters. The highest BCUT2D eigenvalue weighted by molar-refractivity contribution is 14.0. The van der Waals surface area contributed by atoms with Crippen LogP contribution in [0.5, 0.6) is 0 Å². The third kappa shape index (κ3) is 7.43. The highest BCUT2D eigenvalue weighted by Crippen LogP contribution is 2.15. The summed E-state index contributed by atoms with van der Waals surface area (Å²) in [6.45, 7) is 11.7. The van der Waals surface area contributed by atoms with Crippen LogP contribution < -0.4 is 15.5 Å². The third-order valence-electron chi connectivity index (χ3n) is 4.88. The maximum atomic E-state index is 4.72. The average Bonchev–Trinajstić information content (AvgIpc) is 2.76. The van der Waals surface area contributed by atoms with Crippen LogP contribution >= 0.6 is 24.0 Å². The molecule has 0 radical (unpaired) electrons. The minimum atomic E-state index is 0. The number of aromatic nitrogens is 2. The van der Waals surface area contributed by atoms with Crippen LogP contribution in [0.3, 0.4) is 0 Å². The second-order valence-electron chi connectivity index (χ2n) is 6.81. The van der Waals surface area contributed by atoms with Crippen LogP contribution in [-0.4, -0.2) is 60.1 Å². The summed E-state index contributed by atoms with van der Waals surface area (Å²) in [5.41, 5.74) is 2.16. The van der Waals surface area contributed by atoms with Gasteiger partial charge in [-0.25, -0.2) is 9.98 Å². The Bertz CT molecular complexity index is 746. The van der Waals surface area contributed by atoms with Crippen LogP contribution in [0.2, 0.25) is 0 Å². The van der Waals surface area contributed by atoms with Gasteiger partial charge in [0.2, 0.25) is 0 Å². The first-order valence-electron chi connectivity index (χ1n) is 10.1. The van der Waals surface area contributed by atoms with Crippen molar-refractivity contribution in [2.45, 2.75) is 26.9 Å². The topological polar surface area (TPSA) is 68.7 Å². The summed E-state index contributed by atoms with van der Waals surface area (Å²) in [6.07, 6.45) is 3.69. The summed E-state index contributed by atoms with van der Waals surface area (Å²) < 4.78 is 0. The molecule has 3 rings (SSSR count). The van der Waals surface area contributed by atoms with Gasteiger partial charge in [0.1, 0.15) is 5.82 Å². The monoisotopic (exact) mass is 509 g/mol. The lowest BCUT2D eigenvalue weighted by Crippen LogP contribution is -2.46. The molecule has 0 unspecified atom stereocenters. The van der Waals surface area contributed by atoms with Gasteiger partial charge in [0.25, 0.3) is 0 Å². The number of guanidine groups is 1. The molecule has 0 amide bonds. The molecule has 0 aromatic carbocycles. The number of anilines is 1. The summed E-state index contributed by atoms with van der Waals surface area (Å²) >= 11 is 0. The average molecular weight is 509 g/mol. The second kappa shape index (κ2) is 12.6. The first-order valence-corrected chi connectivity index (χ1v) is 10.1. The van der Waals surface area contributed by atoms with Gasteiger partial charge < -0.3 is 20.4 Å². The van der Waals surface area contributed by atoms with E-state index in [0.717, 1.165) is 62.3 Å². The molecule has 2 aromatic rings. The Hall–Kier alpha value is -1.94. The molecular formula is C21H32IN7. The molecule has 2 aromatic heterocycles. The number of pyridine rings is 2. The summed E-state index contributed by atoms with van der Waals surface area (Å²) in [6, 6.07) is 10.1. The van der Waals surface area contributed by atoms with Crippen LogP contribution in [0.4, 0.5) is 5.82 Å². The van der Waals surface area contributed by atoms with Crippen molar-refractivity contribution in [3.05, 3.63) is 54.0 Å². The molecule has 2 N–H and O–H groups in total. The third-order valence-corrected chi connectivity index (χ3v) is 4.88. The number of piperazine rings is 1. The van der Waals surface area contributed by atoms with Crippen LogP contribution in [0.25, 0.3) is 0 Å². The summed E-state index contributed by atoms with van der Waals surface area (Å²) in [5, 5.41) is 6.63. The Morgan fingerprint density at radius 2 is 1.86 bits per heavy atom. The Morgan fingerprint density at radius 3 is 2.55 bits per heavy atom. The lowest BCUT2D eigenvalue weighted by Gasteiger charge is -2.34. The van der Waals surface area contributed by atoms with Crippen molar-refractivity contribution in [3.63, 3.8) is 0 Å². The second-order valence-corrected chi connectivity index (χ2v) is 6.81. The van der Waals surface area contributed by atoms with E-state index in [1.165, 1.54) is 0 Å². The molecule has 158 valence electrons. The molecular weight excluding hydrogens is 477 g/mol. The highest BCUT2D eigenvalue weighted by atomic mass is 127. The van der Waals surface area contributed by atoms with Gasteiger partial charge >= 0.3 is 0 Å². The van der Waals surface area contributed by atoms with Gasteiger partial charge in [0.05, 0.1) is 18.8 Å². The maximum Gasteiger partial charge on any atom is 0.191 e. The number of likely N-dealkylation sites (N-methyl/N-ethyl adjacent to an activating group) is 1. The lowest BCUT2D eigenvalue weighted by atomic mass is 10.2. The van der Waals surface area contributed by atoms with Crippen molar-refractivity contribution >= 4 is 35.8 Å². The minimum Gasteiger partial charge on any atom is -0.357 e. The molecule has 7 nitrogen and oxygen atoms in total. The number of nitrogens with one attached hydrogen (secondary N) is 2. The summed E-state index contributed by atoms with van der Waals surface area (Å²) in [7, 11) is 0. The Kier molecular flexibility index (Phi) is 10.1. The largest absolute Gasteiger partial charge is 0.357 e. The zero-order valence-electron chi connectivity index (χ0n) is 17.3. The van der Waals surface area contributed by atoms with E-state index in [9.17, 15) is 0 Å². The van der Waals surface area contributed by atoms with E-state index in [2.05, 4.69) is 50.3 Å². The number of halogens is 1. The zero-order chi connectivity index (χ0) is 19.6. The van der Waals surface area contributed by atoms with E-state index in [0.29, 0.717) is 13.1 Å². The normalized spacial score (nSPS) is 15.0. The first-order chi connectivity index (χ1) is 13.8. The quantitative estimate of drug-likeness (QED) is 0.340. The summed E-state index contributed by atoms with van der Waals surface area (Å²) in [4.78, 5) is 18.5. The molecule has 1 aliphatic heterocycles. The van der Waals surface area contributed by atoms with E-state index in [4.69, 9.17) is 4.99 Å². The fourth-order valence-electron chi connectivity index (χ4n) is 3.21. The van der Waals surface area contributed by atoms with E-state index < -0.39 is 0 Å². The minimum absolute atomic E-state index is 0. The van der Waals surface area contributed by atoms with Gasteiger partial charge in [-0.3, -0.25) is 4.98 Å². The number of hydrogen-bond donors (Lipinski definition) is 2. The molecule has 0 spiro atoms. The van der Waals surface area contributed by atoms with Gasteiger partial charge in [-0.15, -0.1) is 24.0 Å². The Balaban J connectivity index is 0.00000300. The van der Waals surface area contributed by atoms with Crippen LogP contribution in [0, 0.1) is 0 Å². The molecule has 1 saturated heterocycles. The standard InChI is InChI=1S/C21H31N7.HI/c1-3-22-21(26-17-19-7-5-6-9-23-19)25-16-18-8-10-24-20(15-18)28-13-11-27(4-2)12-14-28;/h5-10,15H,3-4,11-14,16-17H2,1-2H3,(H2,22,25,26);1H. The van der Waals surface area contributed by atoms with Crippen LogP contribution in [-0.2, 0) is 13.1 Å². The van der Waals surface area contributed by atoms with Crippen molar-refractivity contribution in [2.75, 3.05) is 44.2 Å². The Labute approximate surface area is 191 Å². The van der Waals surface area contributed by atoms with Crippen molar-refractivity contribution < 1.29 is 0 Å². The van der Waals surface area contributed by atoms with Crippen molar-refractivity contribution in [3.8, 4) is 0 Å². The number of hydrogen-bond acceptors (Lipinski definition) is 5. The van der Waals surface area contributed by atoms with E-state index in [-0.39, 0.29) is 24.0 Å². The SMILES string of the molecule is CCNC(=NCc1ccnc(N2CCN(CC)CC2)c1)NCc1ccccn1.I. The molecule has 0 aliphatic carbocycles. The fraction of sp³-hybridized carbons (Fsp3) is 0.476. The van der Waals surface area contributed by atoms with Crippen LogP contribution in [0.15, 0.2) is 47.7 Å². The van der Waals surface area contributed by atoms with Crippen molar-refractivity contribution in [2.24, 2.45) is 4.99 Å². The molecule has 3 heterocycles. The number of nitrogens with zero attached hydrogens (tertiary/aromatic N) is 5. The van der Waals surface area contributed by atoms with Crippen molar-refractivity contribution in [1.29, 1.82) is 0 Å². The molecule has 0 bridgehead atoms. The Morgan fingerprint density at radius 1 is 1.03 bits per heavy atom.